The highest BCUT2D eigenvalue weighted by Crippen LogP contribution is 2.40. The van der Waals surface area contributed by atoms with Crippen molar-refractivity contribution >= 4 is 40.6 Å². The van der Waals surface area contributed by atoms with Crippen molar-refractivity contribution in [2.45, 2.75) is 38.1 Å². The van der Waals surface area contributed by atoms with E-state index in [1.54, 1.807) is 17.0 Å². The summed E-state index contributed by atoms with van der Waals surface area (Å²) in [6, 6.07) is 12.2. The van der Waals surface area contributed by atoms with Crippen LogP contribution in [0.1, 0.15) is 48.0 Å². The third-order valence-electron chi connectivity index (χ3n) is 5.79. The molecule has 0 radical (unpaired) electrons. The smallest absolute Gasteiger partial charge is 0.335 e. The molecule has 0 unspecified atom stereocenters. The van der Waals surface area contributed by atoms with Crippen molar-refractivity contribution in [2.24, 2.45) is 4.99 Å². The zero-order valence-corrected chi connectivity index (χ0v) is 18.1. The van der Waals surface area contributed by atoms with Crippen molar-refractivity contribution in [3.63, 3.8) is 0 Å². The highest BCUT2D eigenvalue weighted by molar-refractivity contribution is 8.18. The quantitative estimate of drug-likeness (QED) is 0.656. The van der Waals surface area contributed by atoms with Crippen LogP contribution < -0.4 is 9.47 Å². The molecule has 1 N–H and O–H groups in total. The first-order valence-corrected chi connectivity index (χ1v) is 11.4. The predicted molar refractivity (Wildman–Crippen MR) is 122 cm³/mol. The van der Waals surface area contributed by atoms with Gasteiger partial charge in [0.2, 0.25) is 6.79 Å². The van der Waals surface area contributed by atoms with E-state index in [1.807, 2.05) is 24.3 Å². The molecule has 164 valence electrons. The monoisotopic (exact) mass is 450 g/mol. The van der Waals surface area contributed by atoms with Crippen molar-refractivity contribution in [2.75, 3.05) is 6.79 Å². The lowest BCUT2D eigenvalue weighted by atomic mass is 9.94. The second-order valence-electron chi connectivity index (χ2n) is 7.94. The van der Waals surface area contributed by atoms with Gasteiger partial charge in [0.1, 0.15) is 0 Å². The first-order chi connectivity index (χ1) is 15.6. The number of fused-ring (bicyclic) bond motifs is 1. The van der Waals surface area contributed by atoms with Gasteiger partial charge in [0.05, 0.1) is 16.2 Å². The normalized spacial score (nSPS) is 21.0. The van der Waals surface area contributed by atoms with E-state index in [2.05, 4.69) is 0 Å². The minimum Gasteiger partial charge on any atom is -0.478 e. The SMILES string of the molecule is O=C(O)c1cccc(N=C2S/C(=C\c3ccc4c(c3)OCO4)C(=O)N2C2CCCCC2)c1. The Morgan fingerprint density at radius 2 is 1.91 bits per heavy atom. The number of aliphatic imine (C=N–C) groups is 1. The molecule has 7 nitrogen and oxygen atoms in total. The lowest BCUT2D eigenvalue weighted by molar-refractivity contribution is -0.124. The molecular formula is C24H22N2O5S. The van der Waals surface area contributed by atoms with Gasteiger partial charge in [0, 0.05) is 6.04 Å². The number of benzene rings is 2. The number of rotatable bonds is 4. The van der Waals surface area contributed by atoms with Gasteiger partial charge in [-0.2, -0.15) is 0 Å². The molecule has 3 aliphatic rings. The van der Waals surface area contributed by atoms with Gasteiger partial charge in [0.25, 0.3) is 5.91 Å². The second kappa shape index (κ2) is 8.70. The zero-order valence-electron chi connectivity index (χ0n) is 17.3. The highest BCUT2D eigenvalue weighted by Gasteiger charge is 2.38. The van der Waals surface area contributed by atoms with Crippen LogP contribution in [0.5, 0.6) is 11.5 Å². The zero-order chi connectivity index (χ0) is 22.1. The number of ether oxygens (including phenoxy) is 2. The summed E-state index contributed by atoms with van der Waals surface area (Å²) >= 11 is 1.33. The average molecular weight is 451 g/mol. The molecule has 1 saturated carbocycles. The molecule has 8 heteroatoms. The number of carboxylic acids is 1. The molecule has 2 aromatic rings. The van der Waals surface area contributed by atoms with Crippen LogP contribution in [0, 0.1) is 0 Å². The molecule has 0 spiro atoms. The summed E-state index contributed by atoms with van der Waals surface area (Å²) in [5, 5.41) is 9.89. The molecule has 0 aromatic heterocycles. The molecule has 2 aliphatic heterocycles. The van der Waals surface area contributed by atoms with Crippen LogP contribution in [0.2, 0.25) is 0 Å². The Morgan fingerprint density at radius 1 is 1.09 bits per heavy atom. The van der Waals surface area contributed by atoms with E-state index in [4.69, 9.17) is 14.5 Å². The number of hydrogen-bond acceptors (Lipinski definition) is 6. The van der Waals surface area contributed by atoms with Crippen LogP contribution in [0.15, 0.2) is 52.4 Å². The summed E-state index contributed by atoms with van der Waals surface area (Å²) in [5.74, 6) is 0.294. The minimum absolute atomic E-state index is 0.0623. The Kier molecular flexibility index (Phi) is 5.61. The van der Waals surface area contributed by atoms with Crippen LogP contribution in [-0.2, 0) is 4.79 Å². The molecule has 2 fully saturated rings. The Balaban J connectivity index is 1.50. The van der Waals surface area contributed by atoms with E-state index in [9.17, 15) is 14.7 Å². The maximum absolute atomic E-state index is 13.4. The Morgan fingerprint density at radius 3 is 2.72 bits per heavy atom. The second-order valence-corrected chi connectivity index (χ2v) is 8.95. The molecule has 2 aromatic carbocycles. The van der Waals surface area contributed by atoms with Gasteiger partial charge in [-0.25, -0.2) is 9.79 Å². The summed E-state index contributed by atoms with van der Waals surface area (Å²) in [7, 11) is 0. The van der Waals surface area contributed by atoms with E-state index >= 15 is 0 Å². The fourth-order valence-corrected chi connectivity index (χ4v) is 5.26. The molecule has 5 rings (SSSR count). The number of carbonyl (C=O) groups excluding carboxylic acids is 1. The van der Waals surface area contributed by atoms with Gasteiger partial charge < -0.3 is 14.6 Å². The molecule has 1 aliphatic carbocycles. The standard InChI is InChI=1S/C24H22N2O5S/c27-22-21(12-15-9-10-19-20(11-15)31-14-30-19)32-24(26(22)18-7-2-1-3-8-18)25-17-6-4-5-16(13-17)23(28)29/h4-6,9-13,18H,1-3,7-8,14H2,(H,28,29)/b21-12-,25-24?. The maximum atomic E-state index is 13.4. The molecule has 0 atom stereocenters. The average Bonchev–Trinajstić information content (AvgIpc) is 3.38. The third kappa shape index (κ3) is 4.10. The topological polar surface area (TPSA) is 88.4 Å². The van der Waals surface area contributed by atoms with Crippen molar-refractivity contribution in [1.82, 2.24) is 4.90 Å². The largest absolute Gasteiger partial charge is 0.478 e. The third-order valence-corrected chi connectivity index (χ3v) is 6.77. The lowest BCUT2D eigenvalue weighted by Gasteiger charge is -2.30. The summed E-state index contributed by atoms with van der Waals surface area (Å²) in [6.07, 6.45) is 7.08. The number of hydrogen-bond donors (Lipinski definition) is 1. The molecule has 0 bridgehead atoms. The summed E-state index contributed by atoms with van der Waals surface area (Å²) in [5.41, 5.74) is 1.54. The Hall–Kier alpha value is -3.26. The lowest BCUT2D eigenvalue weighted by Crippen LogP contribution is -2.40. The fourth-order valence-electron chi connectivity index (χ4n) is 4.20. The van der Waals surface area contributed by atoms with Gasteiger partial charge in [-0.3, -0.25) is 9.69 Å². The number of thioether (sulfide) groups is 1. The minimum atomic E-state index is -1.00. The molecule has 1 saturated heterocycles. The van der Waals surface area contributed by atoms with E-state index in [0.29, 0.717) is 27.3 Å². The van der Waals surface area contributed by atoms with Crippen molar-refractivity contribution in [3.05, 3.63) is 58.5 Å². The fraction of sp³-hybridized carbons (Fsp3) is 0.292. The summed E-state index contributed by atoms with van der Waals surface area (Å²) in [6.45, 7) is 0.199. The van der Waals surface area contributed by atoms with Crippen molar-refractivity contribution in [3.8, 4) is 11.5 Å². The molecule has 1 amide bonds. The van der Waals surface area contributed by atoms with E-state index in [1.165, 1.54) is 30.3 Å². The maximum Gasteiger partial charge on any atom is 0.335 e. The number of aromatic carboxylic acids is 1. The first-order valence-electron chi connectivity index (χ1n) is 10.6. The Labute approximate surface area is 189 Å². The van der Waals surface area contributed by atoms with Gasteiger partial charge in [0.15, 0.2) is 16.7 Å². The van der Waals surface area contributed by atoms with E-state index in [-0.39, 0.29) is 24.3 Å². The highest BCUT2D eigenvalue weighted by atomic mass is 32.2. The van der Waals surface area contributed by atoms with Crippen LogP contribution in [0.25, 0.3) is 6.08 Å². The van der Waals surface area contributed by atoms with Gasteiger partial charge in [-0.1, -0.05) is 31.4 Å². The van der Waals surface area contributed by atoms with Gasteiger partial charge >= 0.3 is 5.97 Å². The molecule has 2 heterocycles. The van der Waals surface area contributed by atoms with Gasteiger partial charge in [-0.05, 0) is 66.6 Å². The number of carbonyl (C=O) groups is 2. The van der Waals surface area contributed by atoms with Crippen molar-refractivity contribution in [1.29, 1.82) is 0 Å². The van der Waals surface area contributed by atoms with Crippen LogP contribution >= 0.6 is 11.8 Å². The van der Waals surface area contributed by atoms with E-state index in [0.717, 1.165) is 31.2 Å². The van der Waals surface area contributed by atoms with Crippen molar-refractivity contribution < 1.29 is 24.2 Å². The number of nitrogens with zero attached hydrogens (tertiary/aromatic N) is 2. The summed E-state index contributed by atoms with van der Waals surface area (Å²) in [4.78, 5) is 31.8. The van der Waals surface area contributed by atoms with E-state index < -0.39 is 5.97 Å². The van der Waals surface area contributed by atoms with Crippen LogP contribution in [-0.4, -0.2) is 39.9 Å². The molecule has 32 heavy (non-hydrogen) atoms. The number of amides is 1. The van der Waals surface area contributed by atoms with Crippen LogP contribution in [0.3, 0.4) is 0 Å². The van der Waals surface area contributed by atoms with Crippen LogP contribution in [0.4, 0.5) is 5.69 Å². The summed E-state index contributed by atoms with van der Waals surface area (Å²) < 4.78 is 10.8. The predicted octanol–water partition coefficient (Wildman–Crippen LogP) is 5.05. The van der Waals surface area contributed by atoms with Gasteiger partial charge in [-0.15, -0.1) is 0 Å². The Bertz CT molecular complexity index is 1140. The number of amidine groups is 1. The molecular weight excluding hydrogens is 428 g/mol. The number of carboxylic acid groups (broad SMARTS) is 1. The first kappa shape index (κ1) is 20.6.